The van der Waals surface area contributed by atoms with Crippen LogP contribution >= 0.6 is 11.3 Å². The highest BCUT2D eigenvalue weighted by atomic mass is 32.1. The van der Waals surface area contributed by atoms with Gasteiger partial charge in [-0.15, -0.1) is 11.3 Å². The summed E-state index contributed by atoms with van der Waals surface area (Å²) in [5.41, 5.74) is 1.56. The molecule has 0 aliphatic carbocycles. The topological polar surface area (TPSA) is 87.7 Å². The Kier molecular flexibility index (Phi) is 6.12. The van der Waals surface area contributed by atoms with E-state index in [1.807, 2.05) is 19.1 Å². The molecule has 3 aromatic rings. The molecule has 2 heterocycles. The summed E-state index contributed by atoms with van der Waals surface area (Å²) in [6.45, 7) is 2.66. The largest absolute Gasteiger partial charge is 0.356 e. The van der Waals surface area contributed by atoms with Crippen LogP contribution in [0.1, 0.15) is 35.8 Å². The number of H-pyrrole nitrogens is 1. The van der Waals surface area contributed by atoms with Crippen LogP contribution < -0.4 is 10.9 Å². The summed E-state index contributed by atoms with van der Waals surface area (Å²) in [6.07, 6.45) is 3.62. The van der Waals surface area contributed by atoms with Gasteiger partial charge in [0.15, 0.2) is 0 Å². The molecule has 0 atom stereocenters. The van der Waals surface area contributed by atoms with E-state index in [0.717, 1.165) is 30.0 Å². The van der Waals surface area contributed by atoms with Gasteiger partial charge in [-0.1, -0.05) is 12.1 Å². The molecule has 0 unspecified atom stereocenters. The number of aryl methyl sites for hydroxylation is 3. The molecule has 7 heteroatoms. The Morgan fingerprint density at radius 1 is 1.19 bits per heavy atom. The Hall–Kier alpha value is -2.54. The molecular formula is C19H22N4O2S. The van der Waals surface area contributed by atoms with Crippen LogP contribution in [0.25, 0.3) is 10.9 Å². The summed E-state index contributed by atoms with van der Waals surface area (Å²) in [5, 5.41) is 6.70. The highest BCUT2D eigenvalue weighted by Crippen LogP contribution is 2.11. The lowest BCUT2D eigenvalue weighted by Crippen LogP contribution is -2.25. The maximum atomic E-state index is 12.0. The number of hydrogen-bond donors (Lipinski definition) is 2. The third-order valence-corrected chi connectivity index (χ3v) is 5.08. The van der Waals surface area contributed by atoms with Gasteiger partial charge in [0.1, 0.15) is 5.82 Å². The van der Waals surface area contributed by atoms with Crippen molar-refractivity contribution in [2.75, 3.05) is 6.54 Å². The maximum Gasteiger partial charge on any atom is 0.258 e. The minimum absolute atomic E-state index is 0.0223. The molecule has 0 saturated carbocycles. The zero-order valence-corrected chi connectivity index (χ0v) is 15.6. The normalized spacial score (nSPS) is 11.0. The molecule has 0 radical (unpaired) electrons. The fourth-order valence-electron chi connectivity index (χ4n) is 2.72. The molecule has 0 aliphatic heterocycles. The first-order valence-electron chi connectivity index (χ1n) is 8.77. The third kappa shape index (κ3) is 4.98. The third-order valence-electron chi connectivity index (χ3n) is 4.06. The number of unbranched alkanes of at least 4 members (excludes halogenated alkanes) is 1. The van der Waals surface area contributed by atoms with Gasteiger partial charge >= 0.3 is 0 Å². The number of para-hydroxylation sites is 1. The average Bonchev–Trinajstić information content (AvgIpc) is 3.05. The lowest BCUT2D eigenvalue weighted by atomic mass is 10.2. The summed E-state index contributed by atoms with van der Waals surface area (Å²) in [4.78, 5) is 35.6. The smallest absolute Gasteiger partial charge is 0.258 e. The number of nitrogens with one attached hydrogen (secondary N) is 2. The first kappa shape index (κ1) is 18.3. The molecule has 0 bridgehead atoms. The van der Waals surface area contributed by atoms with Gasteiger partial charge in [-0.2, -0.15) is 0 Å². The molecule has 3 rings (SSSR count). The monoisotopic (exact) mass is 370 g/mol. The van der Waals surface area contributed by atoms with E-state index in [1.165, 1.54) is 0 Å². The minimum atomic E-state index is -0.163. The Labute approximate surface area is 155 Å². The van der Waals surface area contributed by atoms with Gasteiger partial charge in [0.05, 0.1) is 15.9 Å². The molecule has 2 aromatic heterocycles. The van der Waals surface area contributed by atoms with E-state index in [9.17, 15) is 9.59 Å². The lowest BCUT2D eigenvalue weighted by Gasteiger charge is -2.05. The Morgan fingerprint density at radius 3 is 2.85 bits per heavy atom. The van der Waals surface area contributed by atoms with Crippen molar-refractivity contribution in [1.82, 2.24) is 20.3 Å². The van der Waals surface area contributed by atoms with E-state index in [4.69, 9.17) is 0 Å². The van der Waals surface area contributed by atoms with Crippen molar-refractivity contribution < 1.29 is 4.79 Å². The Morgan fingerprint density at radius 2 is 2.04 bits per heavy atom. The van der Waals surface area contributed by atoms with Gasteiger partial charge in [-0.25, -0.2) is 9.97 Å². The second-order valence-electron chi connectivity index (χ2n) is 6.22. The van der Waals surface area contributed by atoms with Crippen molar-refractivity contribution in [3.8, 4) is 0 Å². The molecule has 0 saturated heterocycles. The summed E-state index contributed by atoms with van der Waals surface area (Å²) < 4.78 is 0. The number of aromatic nitrogens is 3. The molecule has 136 valence electrons. The minimum Gasteiger partial charge on any atom is -0.356 e. The number of hydrogen-bond acceptors (Lipinski definition) is 5. The van der Waals surface area contributed by atoms with Gasteiger partial charge in [0, 0.05) is 30.5 Å². The quantitative estimate of drug-likeness (QED) is 0.597. The van der Waals surface area contributed by atoms with E-state index in [0.29, 0.717) is 36.1 Å². The van der Waals surface area contributed by atoms with Crippen molar-refractivity contribution in [3.05, 3.63) is 56.5 Å². The summed E-state index contributed by atoms with van der Waals surface area (Å²) in [7, 11) is 0. The highest BCUT2D eigenvalue weighted by Gasteiger charge is 2.06. The number of amides is 1. The molecule has 6 nitrogen and oxygen atoms in total. The fourth-order valence-corrected chi connectivity index (χ4v) is 3.54. The van der Waals surface area contributed by atoms with E-state index >= 15 is 0 Å². The van der Waals surface area contributed by atoms with Crippen LogP contribution in [0.2, 0.25) is 0 Å². The first-order valence-corrected chi connectivity index (χ1v) is 9.65. The van der Waals surface area contributed by atoms with E-state index in [-0.39, 0.29) is 11.5 Å². The Balaban J connectivity index is 1.39. The second-order valence-corrected chi connectivity index (χ2v) is 7.16. The number of thiazole rings is 1. The van der Waals surface area contributed by atoms with Crippen molar-refractivity contribution in [3.63, 3.8) is 0 Å². The van der Waals surface area contributed by atoms with Crippen LogP contribution in [0, 0.1) is 6.92 Å². The predicted octanol–water partition coefficient (Wildman–Crippen LogP) is 2.76. The standard InChI is InChI=1S/C19H22N4O2S/c1-13-12-26-18(21-13)8-4-5-11-20-17(24)10-9-16-22-15-7-3-2-6-14(15)19(25)23-16/h2-3,6-7,12H,4-5,8-11H2,1H3,(H,20,24)(H,22,23,25). The number of fused-ring (bicyclic) bond motifs is 1. The number of benzene rings is 1. The highest BCUT2D eigenvalue weighted by molar-refractivity contribution is 7.09. The maximum absolute atomic E-state index is 12.0. The number of rotatable bonds is 8. The zero-order valence-electron chi connectivity index (χ0n) is 14.7. The van der Waals surface area contributed by atoms with Crippen molar-refractivity contribution >= 4 is 28.1 Å². The van der Waals surface area contributed by atoms with Crippen molar-refractivity contribution in [1.29, 1.82) is 0 Å². The van der Waals surface area contributed by atoms with Crippen LogP contribution in [-0.2, 0) is 17.6 Å². The average molecular weight is 370 g/mol. The van der Waals surface area contributed by atoms with E-state index < -0.39 is 0 Å². The SMILES string of the molecule is Cc1csc(CCCCNC(=O)CCc2nc3ccccc3c(=O)[nH]2)n1. The number of carbonyl (C=O) groups excluding carboxylic acids is 1. The molecule has 2 N–H and O–H groups in total. The number of carbonyl (C=O) groups is 1. The van der Waals surface area contributed by atoms with Gasteiger partial charge in [0.2, 0.25) is 5.91 Å². The van der Waals surface area contributed by atoms with Crippen LogP contribution in [0.5, 0.6) is 0 Å². The molecule has 0 aliphatic rings. The summed E-state index contributed by atoms with van der Waals surface area (Å²) >= 11 is 1.69. The molecule has 0 fully saturated rings. The van der Waals surface area contributed by atoms with Crippen molar-refractivity contribution in [2.24, 2.45) is 0 Å². The molecule has 26 heavy (non-hydrogen) atoms. The predicted molar refractivity (Wildman–Crippen MR) is 103 cm³/mol. The van der Waals surface area contributed by atoms with E-state index in [1.54, 1.807) is 23.5 Å². The molecular weight excluding hydrogens is 348 g/mol. The lowest BCUT2D eigenvalue weighted by molar-refractivity contribution is -0.121. The fraction of sp³-hybridized carbons (Fsp3) is 0.368. The number of nitrogens with zero attached hydrogens (tertiary/aromatic N) is 2. The number of aromatic amines is 1. The first-order chi connectivity index (χ1) is 12.6. The summed E-state index contributed by atoms with van der Waals surface area (Å²) in [6, 6.07) is 7.20. The van der Waals surface area contributed by atoms with Crippen LogP contribution in [0.4, 0.5) is 0 Å². The van der Waals surface area contributed by atoms with Crippen LogP contribution in [-0.4, -0.2) is 27.4 Å². The van der Waals surface area contributed by atoms with Gasteiger partial charge in [-0.05, 0) is 38.3 Å². The summed E-state index contributed by atoms with van der Waals surface area (Å²) in [5.74, 6) is 0.522. The van der Waals surface area contributed by atoms with Crippen LogP contribution in [0.15, 0.2) is 34.4 Å². The van der Waals surface area contributed by atoms with E-state index in [2.05, 4.69) is 25.6 Å². The van der Waals surface area contributed by atoms with Crippen molar-refractivity contribution in [2.45, 2.75) is 39.0 Å². The molecule has 1 aromatic carbocycles. The second kappa shape index (κ2) is 8.71. The molecule has 1 amide bonds. The Bertz CT molecular complexity index is 948. The zero-order chi connectivity index (χ0) is 18.4. The van der Waals surface area contributed by atoms with Gasteiger partial charge in [0.25, 0.3) is 5.56 Å². The van der Waals surface area contributed by atoms with Gasteiger partial charge in [-0.3, -0.25) is 9.59 Å². The molecule has 0 spiro atoms. The van der Waals surface area contributed by atoms with Crippen LogP contribution in [0.3, 0.4) is 0 Å². The van der Waals surface area contributed by atoms with Gasteiger partial charge < -0.3 is 10.3 Å².